The highest BCUT2D eigenvalue weighted by Gasteiger charge is 2.26. The summed E-state index contributed by atoms with van der Waals surface area (Å²) in [6.07, 6.45) is 0. The van der Waals surface area contributed by atoms with Crippen molar-refractivity contribution in [2.45, 2.75) is 20.4 Å². The molecule has 0 bridgehead atoms. The van der Waals surface area contributed by atoms with Crippen molar-refractivity contribution in [3.05, 3.63) is 113 Å². The van der Waals surface area contributed by atoms with Gasteiger partial charge in [-0.1, -0.05) is 77.9 Å². The van der Waals surface area contributed by atoms with Crippen LogP contribution < -0.4 is 4.90 Å². The summed E-state index contributed by atoms with van der Waals surface area (Å²) in [5.74, 6) is 0.611. The number of carbonyl (C=O) groups is 2. The fraction of sp³-hybridized carbons (Fsp3) is 0.250. The second-order valence-corrected chi connectivity index (χ2v) is 10.0. The summed E-state index contributed by atoms with van der Waals surface area (Å²) in [6.45, 7) is 6.92. The Morgan fingerprint density at radius 1 is 0.744 bits per heavy atom. The molecule has 1 aliphatic rings. The van der Waals surface area contributed by atoms with Gasteiger partial charge in [-0.3, -0.25) is 9.59 Å². The van der Waals surface area contributed by atoms with Gasteiger partial charge in [0.05, 0.1) is 5.69 Å². The Morgan fingerprint density at radius 2 is 1.38 bits per heavy atom. The van der Waals surface area contributed by atoms with Gasteiger partial charge in [0.25, 0.3) is 5.91 Å². The highest BCUT2D eigenvalue weighted by Crippen LogP contribution is 2.20. The van der Waals surface area contributed by atoms with Gasteiger partial charge in [-0.15, -0.1) is 10.2 Å². The number of nitrogens with zero attached hydrogens (tertiary/aromatic N) is 5. The second kappa shape index (κ2) is 11.9. The van der Waals surface area contributed by atoms with Gasteiger partial charge in [0.15, 0.2) is 5.82 Å². The van der Waals surface area contributed by atoms with Crippen LogP contribution in [0.15, 0.2) is 91.0 Å². The van der Waals surface area contributed by atoms with Gasteiger partial charge in [0.1, 0.15) is 6.54 Å². The predicted octanol–water partition coefficient (Wildman–Crippen LogP) is 4.75. The van der Waals surface area contributed by atoms with E-state index in [1.807, 2.05) is 90.7 Å². The first-order chi connectivity index (χ1) is 19.0. The minimum atomic E-state index is -0.144. The molecule has 1 fully saturated rings. The Balaban J connectivity index is 1.21. The number of piperazine rings is 1. The Hall–Kier alpha value is -4.52. The summed E-state index contributed by atoms with van der Waals surface area (Å²) >= 11 is 0. The molecule has 1 aromatic heterocycles. The van der Waals surface area contributed by atoms with E-state index in [0.29, 0.717) is 38.3 Å². The van der Waals surface area contributed by atoms with E-state index in [2.05, 4.69) is 34.2 Å². The lowest BCUT2D eigenvalue weighted by Crippen LogP contribution is -2.52. The van der Waals surface area contributed by atoms with Crippen molar-refractivity contribution in [3.8, 4) is 11.3 Å². The van der Waals surface area contributed by atoms with Crippen molar-refractivity contribution in [2.75, 3.05) is 37.6 Å². The molecule has 0 saturated carbocycles. The minimum absolute atomic E-state index is 0.0344. The molecule has 7 nitrogen and oxygen atoms in total. The zero-order chi connectivity index (χ0) is 27.2. The van der Waals surface area contributed by atoms with Gasteiger partial charge in [0.2, 0.25) is 5.91 Å². The van der Waals surface area contributed by atoms with E-state index in [1.165, 1.54) is 5.56 Å². The van der Waals surface area contributed by atoms with E-state index in [4.69, 9.17) is 0 Å². The molecule has 0 aliphatic carbocycles. The summed E-state index contributed by atoms with van der Waals surface area (Å²) in [4.78, 5) is 32.4. The van der Waals surface area contributed by atoms with Crippen molar-refractivity contribution in [2.24, 2.45) is 0 Å². The summed E-state index contributed by atoms with van der Waals surface area (Å²) in [5.41, 5.74) is 5.74. The van der Waals surface area contributed by atoms with Crippen LogP contribution in [-0.4, -0.2) is 64.5 Å². The zero-order valence-corrected chi connectivity index (χ0v) is 22.5. The normalized spacial score (nSPS) is 13.3. The first-order valence-corrected chi connectivity index (χ1v) is 13.3. The van der Waals surface area contributed by atoms with Crippen LogP contribution in [0.5, 0.6) is 0 Å². The molecule has 39 heavy (non-hydrogen) atoms. The van der Waals surface area contributed by atoms with Crippen LogP contribution in [-0.2, 0) is 11.3 Å². The predicted molar refractivity (Wildman–Crippen MR) is 153 cm³/mol. The fourth-order valence-corrected chi connectivity index (χ4v) is 4.70. The molecule has 3 aromatic carbocycles. The molecule has 198 valence electrons. The molecule has 5 rings (SSSR count). The van der Waals surface area contributed by atoms with E-state index < -0.39 is 0 Å². The largest absolute Gasteiger partial charge is 0.352 e. The third-order valence-electron chi connectivity index (χ3n) is 7.08. The molecule has 0 N–H and O–H groups in total. The number of amides is 2. The average molecular weight is 520 g/mol. The lowest BCUT2D eigenvalue weighted by molar-refractivity contribution is -0.132. The molecule has 1 aliphatic heterocycles. The molecule has 7 heteroatoms. The summed E-state index contributed by atoms with van der Waals surface area (Å²) in [7, 11) is 0. The number of benzene rings is 3. The van der Waals surface area contributed by atoms with Crippen LogP contribution in [0.25, 0.3) is 11.3 Å². The topological polar surface area (TPSA) is 69.6 Å². The van der Waals surface area contributed by atoms with Crippen LogP contribution >= 0.6 is 0 Å². The Kier molecular flexibility index (Phi) is 7.96. The number of rotatable bonds is 7. The first kappa shape index (κ1) is 26.1. The molecular formula is C32H33N5O2. The van der Waals surface area contributed by atoms with E-state index >= 15 is 0 Å². The lowest BCUT2D eigenvalue weighted by Gasteiger charge is -2.36. The maximum Gasteiger partial charge on any atom is 0.254 e. The molecular weight excluding hydrogens is 486 g/mol. The maximum absolute atomic E-state index is 13.4. The van der Waals surface area contributed by atoms with Crippen LogP contribution in [0.4, 0.5) is 5.82 Å². The Labute approximate surface area is 229 Å². The number of hydrogen-bond acceptors (Lipinski definition) is 5. The van der Waals surface area contributed by atoms with Crippen LogP contribution in [0.2, 0.25) is 0 Å². The quantitative estimate of drug-likeness (QED) is 0.352. The van der Waals surface area contributed by atoms with E-state index in [0.717, 1.165) is 28.2 Å². The van der Waals surface area contributed by atoms with Gasteiger partial charge >= 0.3 is 0 Å². The zero-order valence-electron chi connectivity index (χ0n) is 22.5. The summed E-state index contributed by atoms with van der Waals surface area (Å²) in [5, 5.41) is 8.87. The number of anilines is 1. The average Bonchev–Trinajstić information content (AvgIpc) is 2.98. The number of hydrogen-bond donors (Lipinski definition) is 0. The second-order valence-electron chi connectivity index (χ2n) is 10.0. The van der Waals surface area contributed by atoms with Crippen molar-refractivity contribution < 1.29 is 9.59 Å². The molecule has 0 atom stereocenters. The Morgan fingerprint density at radius 3 is 2.00 bits per heavy atom. The smallest absolute Gasteiger partial charge is 0.254 e. The van der Waals surface area contributed by atoms with Gasteiger partial charge in [-0.2, -0.15) is 0 Å². The van der Waals surface area contributed by atoms with Crippen molar-refractivity contribution in [1.82, 2.24) is 20.0 Å². The summed E-state index contributed by atoms with van der Waals surface area (Å²) < 4.78 is 0. The van der Waals surface area contributed by atoms with Gasteiger partial charge in [-0.25, -0.2) is 0 Å². The summed E-state index contributed by atoms with van der Waals surface area (Å²) in [6, 6.07) is 29.5. The number of carbonyl (C=O) groups excluding carboxylic acids is 2. The molecule has 2 heterocycles. The van der Waals surface area contributed by atoms with Crippen molar-refractivity contribution in [3.63, 3.8) is 0 Å². The minimum Gasteiger partial charge on any atom is -0.352 e. The monoisotopic (exact) mass is 519 g/mol. The van der Waals surface area contributed by atoms with E-state index in [1.54, 1.807) is 4.90 Å². The van der Waals surface area contributed by atoms with Gasteiger partial charge in [-0.05, 0) is 43.7 Å². The molecule has 2 amide bonds. The van der Waals surface area contributed by atoms with Crippen molar-refractivity contribution >= 4 is 17.6 Å². The number of aryl methyl sites for hydroxylation is 2. The van der Waals surface area contributed by atoms with Crippen LogP contribution in [0, 0.1) is 13.8 Å². The van der Waals surface area contributed by atoms with E-state index in [-0.39, 0.29) is 18.4 Å². The first-order valence-electron chi connectivity index (χ1n) is 13.3. The van der Waals surface area contributed by atoms with E-state index in [9.17, 15) is 9.59 Å². The SMILES string of the molecule is Cc1ccc(C(=O)N(CC(=O)N2CCN(c3ccc(-c4ccc(C)cc4)nn3)CC2)Cc2ccccc2)cc1. The van der Waals surface area contributed by atoms with Crippen LogP contribution in [0.1, 0.15) is 27.0 Å². The molecule has 1 saturated heterocycles. The standard InChI is InChI=1S/C32H33N5O2/c1-24-8-12-27(13-9-24)29-16-17-30(34-33-29)35-18-20-36(21-19-35)31(38)23-37(22-26-6-4-3-5-7-26)32(39)28-14-10-25(2)11-15-28/h3-17H,18-23H2,1-2H3. The molecule has 0 unspecified atom stereocenters. The molecule has 0 spiro atoms. The maximum atomic E-state index is 13.4. The van der Waals surface area contributed by atoms with Gasteiger partial charge in [0, 0.05) is 43.9 Å². The highest BCUT2D eigenvalue weighted by atomic mass is 16.2. The van der Waals surface area contributed by atoms with Gasteiger partial charge < -0.3 is 14.7 Å². The molecule has 4 aromatic rings. The Bertz CT molecular complexity index is 1400. The van der Waals surface area contributed by atoms with Crippen LogP contribution in [0.3, 0.4) is 0 Å². The van der Waals surface area contributed by atoms with Crippen molar-refractivity contribution in [1.29, 1.82) is 0 Å². The third-order valence-corrected chi connectivity index (χ3v) is 7.08. The third kappa shape index (κ3) is 6.49. The molecule has 0 radical (unpaired) electrons. The lowest BCUT2D eigenvalue weighted by atomic mass is 10.1. The number of aromatic nitrogens is 2. The fourth-order valence-electron chi connectivity index (χ4n) is 4.70. The highest BCUT2D eigenvalue weighted by molar-refractivity contribution is 5.96.